The van der Waals surface area contributed by atoms with Gasteiger partial charge in [0.05, 0.1) is 6.61 Å². The molecule has 0 amide bonds. The first-order chi connectivity index (χ1) is 9.47. The third-order valence-electron chi connectivity index (χ3n) is 2.36. The summed E-state index contributed by atoms with van der Waals surface area (Å²) in [6, 6.07) is 9.60. The quantitative estimate of drug-likeness (QED) is 0.173. The largest absolute Gasteiger partial charge is 0.394 e. The van der Waals surface area contributed by atoms with E-state index in [4.69, 9.17) is 31.4 Å². The summed E-state index contributed by atoms with van der Waals surface area (Å²) in [5.74, 6) is 5.10. The molecule has 0 aliphatic heterocycles. The number of nitrogens with two attached hydrogens (primary N) is 1. The maximum atomic E-state index is 9.90. The minimum atomic E-state index is -1.79. The van der Waals surface area contributed by atoms with E-state index in [0.717, 1.165) is 5.69 Å². The highest BCUT2D eigenvalue weighted by Crippen LogP contribution is 2.03. The van der Waals surface area contributed by atoms with E-state index >= 15 is 0 Å². The molecular formula is C12H20N2O6. The lowest BCUT2D eigenvalue weighted by Gasteiger charge is -2.22. The predicted octanol–water partition coefficient (Wildman–Crippen LogP) is -2.41. The molecule has 0 saturated heterocycles. The van der Waals surface area contributed by atoms with Gasteiger partial charge in [-0.2, -0.15) is 0 Å². The molecule has 0 aliphatic carbocycles. The van der Waals surface area contributed by atoms with Crippen LogP contribution in [0, 0.1) is 0 Å². The Hall–Kier alpha value is -1.55. The Labute approximate surface area is 116 Å². The van der Waals surface area contributed by atoms with Crippen LogP contribution in [0.1, 0.15) is 0 Å². The smallest absolute Gasteiger partial charge is 0.151 e. The van der Waals surface area contributed by atoms with Crippen LogP contribution in [-0.2, 0) is 4.79 Å². The van der Waals surface area contributed by atoms with Crippen molar-refractivity contribution in [2.24, 2.45) is 5.84 Å². The second-order valence-electron chi connectivity index (χ2n) is 3.87. The fourth-order valence-corrected chi connectivity index (χ4v) is 1.15. The summed E-state index contributed by atoms with van der Waals surface area (Å²) in [6.07, 6.45) is -6.84. The monoisotopic (exact) mass is 288 g/mol. The first-order valence-corrected chi connectivity index (χ1v) is 5.78. The molecule has 1 aromatic rings. The molecule has 8 nitrogen and oxygen atoms in total. The molecular weight excluding hydrogens is 268 g/mol. The fraction of sp³-hybridized carbons (Fsp3) is 0.417. The van der Waals surface area contributed by atoms with Crippen LogP contribution >= 0.6 is 0 Å². The minimum Gasteiger partial charge on any atom is -0.394 e. The van der Waals surface area contributed by atoms with Gasteiger partial charge < -0.3 is 35.8 Å². The molecule has 0 saturated carbocycles. The first-order valence-electron chi connectivity index (χ1n) is 5.78. The SMILES string of the molecule is NNc1ccccc1.O=CC(O)C(O)C(O)C(O)CO. The molecule has 1 rings (SSSR count). The molecule has 8 heteroatoms. The molecule has 20 heavy (non-hydrogen) atoms. The van der Waals surface area contributed by atoms with Crippen LogP contribution < -0.4 is 11.3 Å². The van der Waals surface area contributed by atoms with E-state index in [1.54, 1.807) is 0 Å². The summed E-state index contributed by atoms with van der Waals surface area (Å²) in [5.41, 5.74) is 3.46. The molecule has 0 spiro atoms. The van der Waals surface area contributed by atoms with Crippen molar-refractivity contribution in [2.75, 3.05) is 12.0 Å². The fourth-order valence-electron chi connectivity index (χ4n) is 1.15. The van der Waals surface area contributed by atoms with Crippen molar-refractivity contribution in [3.63, 3.8) is 0 Å². The van der Waals surface area contributed by atoms with E-state index in [0.29, 0.717) is 0 Å². The lowest BCUT2D eigenvalue weighted by atomic mass is 10.0. The van der Waals surface area contributed by atoms with Crippen molar-refractivity contribution in [2.45, 2.75) is 24.4 Å². The number of nitrogens with one attached hydrogen (secondary N) is 1. The highest BCUT2D eigenvalue weighted by molar-refractivity contribution is 5.56. The third kappa shape index (κ3) is 6.57. The van der Waals surface area contributed by atoms with Gasteiger partial charge in [-0.25, -0.2) is 0 Å². The lowest BCUT2D eigenvalue weighted by molar-refractivity contribution is -0.136. The van der Waals surface area contributed by atoms with Gasteiger partial charge in [-0.15, -0.1) is 0 Å². The van der Waals surface area contributed by atoms with Gasteiger partial charge in [-0.3, -0.25) is 5.84 Å². The van der Waals surface area contributed by atoms with E-state index in [-0.39, 0.29) is 6.29 Å². The molecule has 0 radical (unpaired) electrons. The zero-order valence-corrected chi connectivity index (χ0v) is 10.7. The van der Waals surface area contributed by atoms with Crippen LogP contribution in [-0.4, -0.2) is 62.8 Å². The second-order valence-corrected chi connectivity index (χ2v) is 3.87. The van der Waals surface area contributed by atoms with Crippen LogP contribution in [0.15, 0.2) is 30.3 Å². The topological polar surface area (TPSA) is 156 Å². The van der Waals surface area contributed by atoms with Gasteiger partial charge in [0.1, 0.15) is 24.4 Å². The number of carbonyl (C=O) groups is 1. The Morgan fingerprint density at radius 2 is 1.65 bits per heavy atom. The van der Waals surface area contributed by atoms with Crippen LogP contribution in [0.25, 0.3) is 0 Å². The molecule has 8 N–H and O–H groups in total. The van der Waals surface area contributed by atoms with Gasteiger partial charge >= 0.3 is 0 Å². The van der Waals surface area contributed by atoms with Gasteiger partial charge in [0.2, 0.25) is 0 Å². The number of aliphatic hydroxyl groups excluding tert-OH is 5. The average molecular weight is 288 g/mol. The van der Waals surface area contributed by atoms with Crippen molar-refractivity contribution in [1.29, 1.82) is 0 Å². The van der Waals surface area contributed by atoms with E-state index < -0.39 is 31.0 Å². The maximum Gasteiger partial charge on any atom is 0.151 e. The average Bonchev–Trinajstić information content (AvgIpc) is 2.53. The minimum absolute atomic E-state index is 0.0258. The van der Waals surface area contributed by atoms with Gasteiger partial charge in [0.25, 0.3) is 0 Å². The zero-order valence-electron chi connectivity index (χ0n) is 10.7. The Morgan fingerprint density at radius 3 is 2.00 bits per heavy atom. The Balaban J connectivity index is 0.000000388. The summed E-state index contributed by atoms with van der Waals surface area (Å²) < 4.78 is 0. The number of aliphatic hydroxyl groups is 5. The second kappa shape index (κ2) is 10.3. The van der Waals surface area contributed by atoms with Gasteiger partial charge in [0.15, 0.2) is 6.29 Å². The van der Waals surface area contributed by atoms with Gasteiger partial charge in [-0.05, 0) is 12.1 Å². The van der Waals surface area contributed by atoms with Crippen LogP contribution in [0.2, 0.25) is 0 Å². The highest BCUT2D eigenvalue weighted by Gasteiger charge is 2.29. The Morgan fingerprint density at radius 1 is 1.10 bits per heavy atom. The molecule has 0 bridgehead atoms. The molecule has 0 heterocycles. The molecule has 4 atom stereocenters. The molecule has 0 aromatic heterocycles. The van der Waals surface area contributed by atoms with Gasteiger partial charge in [-0.1, -0.05) is 18.2 Å². The number of carbonyl (C=O) groups excluding carboxylic acids is 1. The third-order valence-corrected chi connectivity index (χ3v) is 2.36. The number of aldehydes is 1. The summed E-state index contributed by atoms with van der Waals surface area (Å²) >= 11 is 0. The van der Waals surface area contributed by atoms with Crippen molar-refractivity contribution in [3.8, 4) is 0 Å². The summed E-state index contributed by atoms with van der Waals surface area (Å²) in [7, 11) is 0. The molecule has 1 aromatic carbocycles. The molecule has 0 aliphatic rings. The van der Waals surface area contributed by atoms with Gasteiger partial charge in [0, 0.05) is 5.69 Å². The number of hydrazine groups is 1. The van der Waals surface area contributed by atoms with Crippen LogP contribution in [0.5, 0.6) is 0 Å². The summed E-state index contributed by atoms with van der Waals surface area (Å²) in [6.45, 7) is -0.760. The number of benzene rings is 1. The van der Waals surface area contributed by atoms with E-state index in [2.05, 4.69) is 5.43 Å². The number of rotatable bonds is 6. The number of para-hydroxylation sites is 1. The van der Waals surface area contributed by atoms with E-state index in [1.807, 2.05) is 30.3 Å². The number of hydrogen-bond acceptors (Lipinski definition) is 8. The zero-order chi connectivity index (χ0) is 15.5. The van der Waals surface area contributed by atoms with Crippen molar-refractivity contribution < 1.29 is 30.3 Å². The first kappa shape index (κ1) is 18.4. The predicted molar refractivity (Wildman–Crippen MR) is 71.4 cm³/mol. The molecule has 0 fully saturated rings. The normalized spacial score (nSPS) is 16.1. The number of anilines is 1. The molecule has 114 valence electrons. The molecule has 4 unspecified atom stereocenters. The lowest BCUT2D eigenvalue weighted by Crippen LogP contribution is -2.46. The number of hydrogen-bond donors (Lipinski definition) is 7. The Bertz CT molecular complexity index is 364. The van der Waals surface area contributed by atoms with E-state index in [1.165, 1.54) is 0 Å². The summed E-state index contributed by atoms with van der Waals surface area (Å²) in [4.78, 5) is 9.90. The van der Waals surface area contributed by atoms with Crippen molar-refractivity contribution in [1.82, 2.24) is 0 Å². The van der Waals surface area contributed by atoms with E-state index in [9.17, 15) is 4.79 Å². The number of nitrogen functional groups attached to an aromatic ring is 1. The summed E-state index contributed by atoms with van der Waals surface area (Å²) in [5, 5.41) is 43.5. The van der Waals surface area contributed by atoms with Crippen molar-refractivity contribution in [3.05, 3.63) is 30.3 Å². The maximum absolute atomic E-state index is 9.90. The standard InChI is InChI=1S/C6H8N2.C6H12O6/c7-8-6-4-2-1-3-5-6;7-1-3(9)5(11)6(12)4(10)2-8/h1-5,8H,7H2;1,3-6,8-12H,2H2. The van der Waals surface area contributed by atoms with Crippen molar-refractivity contribution >= 4 is 12.0 Å². The van der Waals surface area contributed by atoms with Crippen LogP contribution in [0.3, 0.4) is 0 Å². The highest BCUT2D eigenvalue weighted by atomic mass is 16.4. The van der Waals surface area contributed by atoms with Crippen LogP contribution in [0.4, 0.5) is 5.69 Å². The Kier molecular flexibility index (Phi) is 9.47.